The Balaban J connectivity index is 2.35. The van der Waals surface area contributed by atoms with Gasteiger partial charge in [0.15, 0.2) is 4.90 Å². The van der Waals surface area contributed by atoms with Crippen LogP contribution < -0.4 is 5.32 Å². The summed E-state index contributed by atoms with van der Waals surface area (Å²) in [5, 5.41) is 14.0. The molecule has 0 radical (unpaired) electrons. The Morgan fingerprint density at radius 3 is 2.80 bits per heavy atom. The number of carbonyl (C=O) groups excluding carboxylic acids is 1. The van der Waals surface area contributed by atoms with Crippen molar-refractivity contribution >= 4 is 45.0 Å². The quantitative estimate of drug-likeness (QED) is 0.571. The Labute approximate surface area is 155 Å². The van der Waals surface area contributed by atoms with E-state index in [0.717, 1.165) is 16.4 Å². The van der Waals surface area contributed by atoms with Crippen LogP contribution in [0.3, 0.4) is 0 Å². The molecule has 1 amide bonds. The Morgan fingerprint density at radius 1 is 1.52 bits per heavy atom. The second-order valence-corrected chi connectivity index (χ2v) is 9.21. The molecule has 0 spiro atoms. The second-order valence-electron chi connectivity index (χ2n) is 5.92. The van der Waals surface area contributed by atoms with Gasteiger partial charge in [0, 0.05) is 23.4 Å². The summed E-state index contributed by atoms with van der Waals surface area (Å²) in [6, 6.07) is 2.47. The molecule has 1 heterocycles. The van der Waals surface area contributed by atoms with E-state index in [4.69, 9.17) is 11.6 Å². The minimum atomic E-state index is -4.21. The highest BCUT2D eigenvalue weighted by Gasteiger charge is 2.42. The SMILES string of the molecule is CC(C)CNC(=O)C1CSCN1S(=O)(=O)c1ccc(Cl)cc1[N+](=O)[O-]. The number of hydrogen-bond acceptors (Lipinski definition) is 6. The van der Waals surface area contributed by atoms with Gasteiger partial charge in [-0.3, -0.25) is 14.9 Å². The van der Waals surface area contributed by atoms with Gasteiger partial charge in [-0.2, -0.15) is 4.31 Å². The molecule has 1 aliphatic heterocycles. The summed E-state index contributed by atoms with van der Waals surface area (Å²) in [6.07, 6.45) is 0. The number of nitro benzene ring substituents is 1. The topological polar surface area (TPSA) is 110 Å². The van der Waals surface area contributed by atoms with Gasteiger partial charge in [0.2, 0.25) is 5.91 Å². The first-order chi connectivity index (χ1) is 11.6. The van der Waals surface area contributed by atoms with Crippen LogP contribution in [0.5, 0.6) is 0 Å². The van der Waals surface area contributed by atoms with E-state index >= 15 is 0 Å². The Hall–Kier alpha value is -1.36. The molecule has 1 atom stereocenters. The van der Waals surface area contributed by atoms with Gasteiger partial charge < -0.3 is 5.32 Å². The molecule has 1 aromatic rings. The fraction of sp³-hybridized carbons (Fsp3) is 0.500. The van der Waals surface area contributed by atoms with Crippen LogP contribution in [0.25, 0.3) is 0 Å². The lowest BCUT2D eigenvalue weighted by Crippen LogP contribution is -2.47. The molecule has 1 unspecified atom stereocenters. The van der Waals surface area contributed by atoms with Crippen LogP contribution >= 0.6 is 23.4 Å². The van der Waals surface area contributed by atoms with Crippen LogP contribution in [0.2, 0.25) is 5.02 Å². The Morgan fingerprint density at radius 2 is 2.20 bits per heavy atom. The van der Waals surface area contributed by atoms with Crippen molar-refractivity contribution in [3.63, 3.8) is 0 Å². The number of benzene rings is 1. The summed E-state index contributed by atoms with van der Waals surface area (Å²) in [4.78, 5) is 22.3. The zero-order valence-corrected chi connectivity index (χ0v) is 16.0. The summed E-state index contributed by atoms with van der Waals surface area (Å²) < 4.78 is 26.8. The van der Waals surface area contributed by atoms with Crippen molar-refractivity contribution in [1.82, 2.24) is 9.62 Å². The van der Waals surface area contributed by atoms with Gasteiger partial charge in [0.05, 0.1) is 10.8 Å². The maximum atomic E-state index is 12.9. The van der Waals surface area contributed by atoms with Crippen LogP contribution in [0.4, 0.5) is 5.69 Å². The molecule has 1 fully saturated rings. The standard InChI is InChI=1S/C14H18ClN3O5S2/c1-9(2)6-16-14(19)12-7-24-8-17(12)25(22,23)13-4-3-10(15)5-11(13)18(20)21/h3-5,9,12H,6-8H2,1-2H3,(H,16,19). The molecule has 25 heavy (non-hydrogen) atoms. The monoisotopic (exact) mass is 407 g/mol. The number of rotatable bonds is 6. The number of halogens is 1. The van der Waals surface area contributed by atoms with Gasteiger partial charge in [-0.15, -0.1) is 11.8 Å². The summed E-state index contributed by atoms with van der Waals surface area (Å²) >= 11 is 7.02. The predicted molar refractivity (Wildman–Crippen MR) is 96.1 cm³/mol. The first-order valence-electron chi connectivity index (χ1n) is 7.46. The smallest absolute Gasteiger partial charge is 0.290 e. The normalized spacial score (nSPS) is 18.5. The van der Waals surface area contributed by atoms with E-state index in [1.165, 1.54) is 17.8 Å². The summed E-state index contributed by atoms with van der Waals surface area (Å²) in [7, 11) is -4.21. The average molecular weight is 408 g/mol. The zero-order valence-electron chi connectivity index (χ0n) is 13.6. The van der Waals surface area contributed by atoms with Gasteiger partial charge in [0.25, 0.3) is 15.7 Å². The lowest BCUT2D eigenvalue weighted by atomic mass is 10.2. The number of thioether (sulfide) groups is 1. The minimum absolute atomic E-state index is 0.0574. The van der Waals surface area contributed by atoms with Crippen LogP contribution in [0, 0.1) is 16.0 Å². The van der Waals surface area contributed by atoms with E-state index in [9.17, 15) is 23.3 Å². The van der Waals surface area contributed by atoms with Crippen molar-refractivity contribution < 1.29 is 18.1 Å². The highest BCUT2D eigenvalue weighted by molar-refractivity contribution is 8.00. The number of carbonyl (C=O) groups is 1. The number of hydrogen-bond donors (Lipinski definition) is 1. The number of sulfonamides is 1. The molecule has 0 bridgehead atoms. The summed E-state index contributed by atoms with van der Waals surface area (Å²) in [5.74, 6) is 0.172. The van der Waals surface area contributed by atoms with Crippen molar-refractivity contribution in [2.45, 2.75) is 24.8 Å². The average Bonchev–Trinajstić information content (AvgIpc) is 3.02. The number of amides is 1. The van der Waals surface area contributed by atoms with Crippen LogP contribution in [0.15, 0.2) is 23.1 Å². The molecule has 0 aliphatic carbocycles. The molecule has 1 N–H and O–H groups in total. The summed E-state index contributed by atoms with van der Waals surface area (Å²) in [6.45, 7) is 4.28. The maximum Gasteiger partial charge on any atom is 0.290 e. The van der Waals surface area contributed by atoms with Crippen molar-refractivity contribution in [3.8, 4) is 0 Å². The molecular formula is C14H18ClN3O5S2. The highest BCUT2D eigenvalue weighted by atomic mass is 35.5. The van der Waals surface area contributed by atoms with E-state index in [2.05, 4.69) is 5.32 Å². The van der Waals surface area contributed by atoms with E-state index in [0.29, 0.717) is 12.3 Å². The van der Waals surface area contributed by atoms with Crippen molar-refractivity contribution in [3.05, 3.63) is 33.3 Å². The lowest BCUT2D eigenvalue weighted by molar-refractivity contribution is -0.387. The molecule has 8 nitrogen and oxygen atoms in total. The van der Waals surface area contributed by atoms with Crippen LogP contribution in [-0.4, -0.2) is 47.8 Å². The lowest BCUT2D eigenvalue weighted by Gasteiger charge is -2.22. The maximum absolute atomic E-state index is 12.9. The molecule has 1 aromatic carbocycles. The van der Waals surface area contributed by atoms with Crippen LogP contribution in [0.1, 0.15) is 13.8 Å². The molecule has 138 valence electrons. The number of nitro groups is 1. The van der Waals surface area contributed by atoms with Gasteiger partial charge in [-0.1, -0.05) is 25.4 Å². The van der Waals surface area contributed by atoms with E-state index < -0.39 is 37.5 Å². The molecule has 1 saturated heterocycles. The second kappa shape index (κ2) is 7.90. The molecule has 1 aliphatic rings. The largest absolute Gasteiger partial charge is 0.354 e. The van der Waals surface area contributed by atoms with Crippen molar-refractivity contribution in [2.75, 3.05) is 18.2 Å². The number of nitrogens with one attached hydrogen (secondary N) is 1. The highest BCUT2D eigenvalue weighted by Crippen LogP contribution is 2.34. The fourth-order valence-corrected chi connectivity index (χ4v) is 5.73. The molecule has 0 saturated carbocycles. The van der Waals surface area contributed by atoms with Crippen molar-refractivity contribution in [1.29, 1.82) is 0 Å². The molecule has 0 aromatic heterocycles. The molecular weight excluding hydrogens is 390 g/mol. The van der Waals surface area contributed by atoms with E-state index in [1.807, 2.05) is 13.8 Å². The fourth-order valence-electron chi connectivity index (χ4n) is 2.27. The minimum Gasteiger partial charge on any atom is -0.354 e. The third kappa shape index (κ3) is 4.43. The third-order valence-corrected chi connectivity index (χ3v) is 6.85. The first-order valence-corrected chi connectivity index (χ1v) is 10.4. The van der Waals surface area contributed by atoms with Gasteiger partial charge in [-0.25, -0.2) is 8.42 Å². The summed E-state index contributed by atoms with van der Waals surface area (Å²) in [5.41, 5.74) is -0.606. The first kappa shape index (κ1) is 20.0. The van der Waals surface area contributed by atoms with Crippen LogP contribution in [-0.2, 0) is 14.8 Å². The zero-order chi connectivity index (χ0) is 18.8. The molecule has 2 rings (SSSR count). The van der Waals surface area contributed by atoms with Gasteiger partial charge >= 0.3 is 0 Å². The van der Waals surface area contributed by atoms with E-state index in [-0.39, 0.29) is 16.8 Å². The number of nitrogens with zero attached hydrogens (tertiary/aromatic N) is 2. The Kier molecular flexibility index (Phi) is 6.30. The third-order valence-electron chi connectivity index (χ3n) is 3.53. The molecule has 11 heteroatoms. The van der Waals surface area contributed by atoms with Crippen molar-refractivity contribution in [2.24, 2.45) is 5.92 Å². The van der Waals surface area contributed by atoms with Gasteiger partial charge in [-0.05, 0) is 18.1 Å². The van der Waals surface area contributed by atoms with Gasteiger partial charge in [0.1, 0.15) is 6.04 Å². The predicted octanol–water partition coefficient (Wildman–Crippen LogP) is 2.08. The van der Waals surface area contributed by atoms with E-state index in [1.54, 1.807) is 0 Å². The Bertz CT molecular complexity index is 785.